The van der Waals surface area contributed by atoms with E-state index in [-0.39, 0.29) is 0 Å². The molecule has 1 heterocycles. The van der Waals surface area contributed by atoms with Crippen LogP contribution < -0.4 is 0 Å². The summed E-state index contributed by atoms with van der Waals surface area (Å²) in [5.41, 5.74) is 0. The smallest absolute Gasteiger partial charge is 0.101 e. The number of nitrogens with zero attached hydrogens (tertiary/aromatic N) is 2. The van der Waals surface area contributed by atoms with E-state index in [1.807, 2.05) is 0 Å². The van der Waals surface area contributed by atoms with Crippen molar-refractivity contribution in [1.82, 2.24) is 9.80 Å². The molecule has 2 nitrogen and oxygen atoms in total. The van der Waals surface area contributed by atoms with Crippen LogP contribution in [0.5, 0.6) is 0 Å². The lowest BCUT2D eigenvalue weighted by atomic mass is 10.1. The van der Waals surface area contributed by atoms with Crippen molar-refractivity contribution >= 4 is 0 Å². The molecule has 0 spiro atoms. The lowest BCUT2D eigenvalue weighted by molar-refractivity contribution is 0.136. The SMILES string of the molecule is CCCCCCCCCCCN1C=CN(CCCCC)C1CCCC. The molecule has 0 N–H and O–H groups in total. The molecule has 1 aliphatic rings. The van der Waals surface area contributed by atoms with Crippen LogP contribution in [0.2, 0.25) is 0 Å². The van der Waals surface area contributed by atoms with Crippen LogP contribution in [0.15, 0.2) is 12.4 Å². The van der Waals surface area contributed by atoms with Crippen LogP contribution in [0.4, 0.5) is 0 Å². The van der Waals surface area contributed by atoms with Crippen molar-refractivity contribution < 1.29 is 0 Å². The number of hydrogen-bond donors (Lipinski definition) is 0. The molecule has 0 saturated carbocycles. The second-order valence-electron chi connectivity index (χ2n) is 7.93. The molecule has 0 aromatic heterocycles. The topological polar surface area (TPSA) is 6.48 Å². The normalized spacial score (nSPS) is 17.0. The van der Waals surface area contributed by atoms with Gasteiger partial charge in [0.15, 0.2) is 0 Å². The van der Waals surface area contributed by atoms with Crippen molar-refractivity contribution in [2.75, 3.05) is 13.1 Å². The zero-order valence-electron chi connectivity index (χ0n) is 17.6. The van der Waals surface area contributed by atoms with E-state index in [1.54, 1.807) is 0 Å². The summed E-state index contributed by atoms with van der Waals surface area (Å²) in [5, 5.41) is 0. The molecule has 0 amide bonds. The van der Waals surface area contributed by atoms with E-state index < -0.39 is 0 Å². The van der Waals surface area contributed by atoms with Crippen molar-refractivity contribution in [3.05, 3.63) is 12.4 Å². The minimum Gasteiger partial charge on any atom is -0.356 e. The van der Waals surface area contributed by atoms with E-state index in [4.69, 9.17) is 0 Å². The van der Waals surface area contributed by atoms with Crippen molar-refractivity contribution in [3.63, 3.8) is 0 Å². The third kappa shape index (κ3) is 10.2. The third-order valence-corrected chi connectivity index (χ3v) is 5.57. The van der Waals surface area contributed by atoms with Gasteiger partial charge in [0.25, 0.3) is 0 Å². The number of unbranched alkanes of at least 4 members (excludes halogenated alkanes) is 11. The second kappa shape index (κ2) is 15.6. The summed E-state index contributed by atoms with van der Waals surface area (Å²) in [5.74, 6) is 0. The first-order valence-corrected chi connectivity index (χ1v) is 11.5. The van der Waals surface area contributed by atoms with Gasteiger partial charge in [0.2, 0.25) is 0 Å². The fraction of sp³-hybridized carbons (Fsp3) is 0.913. The van der Waals surface area contributed by atoms with Crippen LogP contribution in [-0.2, 0) is 0 Å². The Morgan fingerprint density at radius 2 is 0.920 bits per heavy atom. The maximum atomic E-state index is 2.63. The van der Waals surface area contributed by atoms with Gasteiger partial charge in [-0.25, -0.2) is 0 Å². The van der Waals surface area contributed by atoms with Gasteiger partial charge in [-0.1, -0.05) is 91.4 Å². The minimum absolute atomic E-state index is 0.644. The molecular weight excluding hydrogens is 304 g/mol. The van der Waals surface area contributed by atoms with Crippen LogP contribution in [0.25, 0.3) is 0 Å². The Morgan fingerprint density at radius 3 is 1.44 bits per heavy atom. The third-order valence-electron chi connectivity index (χ3n) is 5.57. The Balaban J connectivity index is 2.16. The predicted molar refractivity (Wildman–Crippen MR) is 113 cm³/mol. The summed E-state index contributed by atoms with van der Waals surface area (Å²) in [6, 6.07) is 0. The van der Waals surface area contributed by atoms with E-state index in [1.165, 1.54) is 109 Å². The van der Waals surface area contributed by atoms with Gasteiger partial charge in [-0.3, -0.25) is 0 Å². The zero-order chi connectivity index (χ0) is 18.2. The monoisotopic (exact) mass is 350 g/mol. The minimum atomic E-state index is 0.644. The Bertz CT molecular complexity index is 313. The van der Waals surface area contributed by atoms with Crippen molar-refractivity contribution in [2.45, 2.75) is 123 Å². The molecule has 1 aliphatic heterocycles. The lowest BCUT2D eigenvalue weighted by Gasteiger charge is -2.33. The van der Waals surface area contributed by atoms with Gasteiger partial charge in [0.05, 0.1) is 0 Å². The van der Waals surface area contributed by atoms with Crippen molar-refractivity contribution in [2.24, 2.45) is 0 Å². The van der Waals surface area contributed by atoms with Crippen molar-refractivity contribution in [3.8, 4) is 0 Å². The fourth-order valence-corrected chi connectivity index (χ4v) is 3.88. The molecule has 148 valence electrons. The molecule has 25 heavy (non-hydrogen) atoms. The average molecular weight is 351 g/mol. The Labute approximate surface area is 159 Å². The van der Waals surface area contributed by atoms with E-state index >= 15 is 0 Å². The number of hydrogen-bond acceptors (Lipinski definition) is 2. The first kappa shape index (κ1) is 22.4. The molecular formula is C23H46N2. The summed E-state index contributed by atoms with van der Waals surface area (Å²) in [6.07, 6.45) is 26.2. The number of rotatable bonds is 17. The Hall–Kier alpha value is -0.660. The van der Waals surface area contributed by atoms with E-state index in [2.05, 4.69) is 43.0 Å². The average Bonchev–Trinajstić information content (AvgIpc) is 3.00. The Morgan fingerprint density at radius 1 is 0.520 bits per heavy atom. The molecule has 0 fully saturated rings. The van der Waals surface area contributed by atoms with Crippen molar-refractivity contribution in [1.29, 1.82) is 0 Å². The van der Waals surface area contributed by atoms with Gasteiger partial charge in [0.1, 0.15) is 6.17 Å². The summed E-state index contributed by atoms with van der Waals surface area (Å²) < 4.78 is 0. The molecule has 0 aliphatic carbocycles. The van der Waals surface area contributed by atoms with E-state index in [0.717, 1.165) is 0 Å². The molecule has 0 aromatic rings. The highest BCUT2D eigenvalue weighted by atomic mass is 15.4. The fourth-order valence-electron chi connectivity index (χ4n) is 3.88. The summed E-state index contributed by atoms with van der Waals surface area (Å²) in [4.78, 5) is 5.24. The highest BCUT2D eigenvalue weighted by Gasteiger charge is 2.24. The first-order valence-electron chi connectivity index (χ1n) is 11.5. The molecule has 2 heteroatoms. The van der Waals surface area contributed by atoms with Gasteiger partial charge in [0, 0.05) is 25.5 Å². The highest BCUT2D eigenvalue weighted by Crippen LogP contribution is 2.22. The molecule has 1 atom stereocenters. The van der Waals surface area contributed by atoms with Crippen LogP contribution in [0, 0.1) is 0 Å². The molecule has 0 aromatic carbocycles. The summed E-state index contributed by atoms with van der Waals surface area (Å²) >= 11 is 0. The van der Waals surface area contributed by atoms with Gasteiger partial charge in [-0.2, -0.15) is 0 Å². The standard InChI is InChI=1S/C23H46N2/c1-4-7-10-11-12-13-14-15-17-20-25-22-21-24(19-16-8-5-2)23(25)18-9-6-3/h21-23H,4-20H2,1-3H3. The van der Waals surface area contributed by atoms with Gasteiger partial charge < -0.3 is 9.80 Å². The van der Waals surface area contributed by atoms with Crippen LogP contribution in [0.3, 0.4) is 0 Å². The van der Waals surface area contributed by atoms with E-state index in [0.29, 0.717) is 6.17 Å². The Kier molecular flexibility index (Phi) is 14.0. The second-order valence-corrected chi connectivity index (χ2v) is 7.93. The maximum absolute atomic E-state index is 2.63. The van der Waals surface area contributed by atoms with Crippen LogP contribution in [0.1, 0.15) is 117 Å². The van der Waals surface area contributed by atoms with Gasteiger partial charge >= 0.3 is 0 Å². The van der Waals surface area contributed by atoms with Gasteiger partial charge in [-0.15, -0.1) is 0 Å². The molecule has 0 bridgehead atoms. The van der Waals surface area contributed by atoms with E-state index in [9.17, 15) is 0 Å². The molecule has 0 radical (unpaired) electrons. The van der Waals surface area contributed by atoms with Crippen LogP contribution >= 0.6 is 0 Å². The quantitative estimate of drug-likeness (QED) is 0.254. The maximum Gasteiger partial charge on any atom is 0.101 e. The predicted octanol–water partition coefficient (Wildman–Crippen LogP) is 7.31. The first-order chi connectivity index (χ1) is 12.3. The van der Waals surface area contributed by atoms with Gasteiger partial charge in [-0.05, 0) is 25.7 Å². The molecule has 1 unspecified atom stereocenters. The molecule has 0 saturated heterocycles. The largest absolute Gasteiger partial charge is 0.356 e. The summed E-state index contributed by atoms with van der Waals surface area (Å²) in [6.45, 7) is 9.41. The lowest BCUT2D eigenvalue weighted by Crippen LogP contribution is -2.39. The highest BCUT2D eigenvalue weighted by molar-refractivity contribution is 4.96. The molecule has 1 rings (SSSR count). The summed E-state index contributed by atoms with van der Waals surface area (Å²) in [7, 11) is 0. The van der Waals surface area contributed by atoms with Crippen LogP contribution in [-0.4, -0.2) is 29.1 Å². The zero-order valence-corrected chi connectivity index (χ0v) is 17.6.